The van der Waals surface area contributed by atoms with E-state index in [1.54, 1.807) is 0 Å². The standard InChI is InChI=1S/C23H21Br2NO/c24-18-10-6-15(7-11-18)20-14-21(27)22(16-4-2-1-3-5-16)23(26-20)17-8-12-19(25)13-9-17/h1-13,20-23,26-27H,14H2/t20-,21+,22+,23-/m1/s1. The van der Waals surface area contributed by atoms with Crippen LogP contribution in [0.15, 0.2) is 87.8 Å². The first-order chi connectivity index (χ1) is 13.1. The molecule has 0 radical (unpaired) electrons. The third kappa shape index (κ3) is 4.19. The first-order valence-corrected chi connectivity index (χ1v) is 10.7. The Hall–Kier alpha value is -1.46. The molecule has 2 nitrogen and oxygen atoms in total. The summed E-state index contributed by atoms with van der Waals surface area (Å²) in [4.78, 5) is 0. The average Bonchev–Trinajstić information content (AvgIpc) is 2.69. The zero-order chi connectivity index (χ0) is 18.8. The van der Waals surface area contributed by atoms with Gasteiger partial charge in [0.05, 0.1) is 6.10 Å². The molecule has 4 atom stereocenters. The molecule has 0 aliphatic carbocycles. The molecule has 0 saturated carbocycles. The molecule has 0 amide bonds. The highest BCUT2D eigenvalue weighted by Gasteiger charge is 2.38. The molecule has 2 N–H and O–H groups in total. The first-order valence-electron chi connectivity index (χ1n) is 9.12. The van der Waals surface area contributed by atoms with Gasteiger partial charge >= 0.3 is 0 Å². The summed E-state index contributed by atoms with van der Waals surface area (Å²) < 4.78 is 2.12. The number of nitrogens with one attached hydrogen (secondary N) is 1. The molecule has 1 heterocycles. The van der Waals surface area contributed by atoms with Crippen molar-refractivity contribution in [3.8, 4) is 0 Å². The van der Waals surface area contributed by atoms with Crippen LogP contribution in [-0.2, 0) is 0 Å². The molecule has 0 aromatic heterocycles. The van der Waals surface area contributed by atoms with Gasteiger partial charge in [0.15, 0.2) is 0 Å². The maximum atomic E-state index is 11.1. The van der Waals surface area contributed by atoms with Crippen molar-refractivity contribution in [3.63, 3.8) is 0 Å². The zero-order valence-electron chi connectivity index (χ0n) is 14.7. The highest BCUT2D eigenvalue weighted by atomic mass is 79.9. The fraction of sp³-hybridized carbons (Fsp3) is 0.217. The highest BCUT2D eigenvalue weighted by Crippen LogP contribution is 2.43. The lowest BCUT2D eigenvalue weighted by Crippen LogP contribution is -2.43. The van der Waals surface area contributed by atoms with Crippen molar-refractivity contribution in [1.82, 2.24) is 5.32 Å². The van der Waals surface area contributed by atoms with E-state index >= 15 is 0 Å². The minimum absolute atomic E-state index is 0.0130. The van der Waals surface area contributed by atoms with Gasteiger partial charge in [-0.15, -0.1) is 0 Å². The summed E-state index contributed by atoms with van der Waals surface area (Å²) in [5, 5.41) is 14.9. The third-order valence-electron chi connectivity index (χ3n) is 5.32. The summed E-state index contributed by atoms with van der Waals surface area (Å²) in [7, 11) is 0. The molecule has 0 bridgehead atoms. The molecule has 138 valence electrons. The second-order valence-electron chi connectivity index (χ2n) is 7.04. The number of aliphatic hydroxyl groups excluding tert-OH is 1. The van der Waals surface area contributed by atoms with Gasteiger partial charge in [-0.2, -0.15) is 0 Å². The topological polar surface area (TPSA) is 32.3 Å². The van der Waals surface area contributed by atoms with E-state index in [9.17, 15) is 5.11 Å². The Morgan fingerprint density at radius 3 is 1.85 bits per heavy atom. The SMILES string of the molecule is O[C@H]1C[C@H](c2ccc(Br)cc2)N[C@H](c2ccc(Br)cc2)[C@H]1c1ccccc1. The van der Waals surface area contributed by atoms with Gasteiger partial charge < -0.3 is 10.4 Å². The number of hydrogen-bond donors (Lipinski definition) is 2. The second-order valence-corrected chi connectivity index (χ2v) is 8.87. The Balaban J connectivity index is 1.71. The van der Waals surface area contributed by atoms with E-state index < -0.39 is 6.10 Å². The van der Waals surface area contributed by atoms with Crippen LogP contribution in [-0.4, -0.2) is 11.2 Å². The van der Waals surface area contributed by atoms with Crippen molar-refractivity contribution < 1.29 is 5.11 Å². The van der Waals surface area contributed by atoms with Crippen LogP contribution in [0.2, 0.25) is 0 Å². The van der Waals surface area contributed by atoms with Crippen molar-refractivity contribution in [3.05, 3.63) is 104 Å². The van der Waals surface area contributed by atoms with E-state index in [1.807, 2.05) is 18.2 Å². The quantitative estimate of drug-likeness (QED) is 0.466. The van der Waals surface area contributed by atoms with Crippen molar-refractivity contribution in [1.29, 1.82) is 0 Å². The van der Waals surface area contributed by atoms with Gasteiger partial charge in [-0.3, -0.25) is 0 Å². The smallest absolute Gasteiger partial charge is 0.0645 e. The molecule has 3 aromatic carbocycles. The number of rotatable bonds is 3. The van der Waals surface area contributed by atoms with Gasteiger partial charge in [-0.25, -0.2) is 0 Å². The lowest BCUT2D eigenvalue weighted by atomic mass is 9.76. The van der Waals surface area contributed by atoms with Gasteiger partial charge in [-0.1, -0.05) is 86.5 Å². The largest absolute Gasteiger partial charge is 0.392 e. The minimum Gasteiger partial charge on any atom is -0.392 e. The molecule has 4 heteroatoms. The second kappa shape index (κ2) is 8.27. The van der Waals surface area contributed by atoms with Crippen LogP contribution >= 0.6 is 31.9 Å². The summed E-state index contributed by atoms with van der Waals surface area (Å²) in [6.45, 7) is 0. The number of benzene rings is 3. The summed E-state index contributed by atoms with van der Waals surface area (Å²) in [5.41, 5.74) is 3.55. The number of hydrogen-bond acceptors (Lipinski definition) is 2. The first kappa shape index (κ1) is 18.9. The van der Waals surface area contributed by atoms with Crippen molar-refractivity contribution >= 4 is 31.9 Å². The van der Waals surface area contributed by atoms with Crippen molar-refractivity contribution in [2.45, 2.75) is 30.5 Å². The van der Waals surface area contributed by atoms with Crippen LogP contribution in [0.4, 0.5) is 0 Å². The van der Waals surface area contributed by atoms with Gasteiger partial charge in [-0.05, 0) is 47.4 Å². The van der Waals surface area contributed by atoms with E-state index in [2.05, 4.69) is 97.8 Å². The molecule has 3 aromatic rings. The van der Waals surface area contributed by atoms with Crippen LogP contribution in [0.3, 0.4) is 0 Å². The Kier molecular flexibility index (Phi) is 5.79. The molecule has 1 saturated heterocycles. The Morgan fingerprint density at radius 2 is 1.26 bits per heavy atom. The predicted octanol–water partition coefficient (Wildman–Crippen LogP) is 6.13. The zero-order valence-corrected chi connectivity index (χ0v) is 17.9. The molecule has 1 fully saturated rings. The van der Waals surface area contributed by atoms with E-state index in [-0.39, 0.29) is 18.0 Å². The average molecular weight is 487 g/mol. The summed E-state index contributed by atoms with van der Waals surface area (Å²) in [6.07, 6.45) is 0.268. The van der Waals surface area contributed by atoms with Crippen molar-refractivity contribution in [2.24, 2.45) is 0 Å². The predicted molar refractivity (Wildman–Crippen MR) is 117 cm³/mol. The molecule has 1 aliphatic heterocycles. The Morgan fingerprint density at radius 1 is 0.704 bits per heavy atom. The maximum Gasteiger partial charge on any atom is 0.0645 e. The van der Waals surface area contributed by atoms with E-state index in [4.69, 9.17) is 0 Å². The fourth-order valence-corrected chi connectivity index (χ4v) is 4.52. The summed E-state index contributed by atoms with van der Waals surface area (Å²) >= 11 is 7.03. The molecule has 0 spiro atoms. The van der Waals surface area contributed by atoms with Gasteiger partial charge in [0, 0.05) is 26.9 Å². The minimum atomic E-state index is -0.420. The molecule has 1 aliphatic rings. The Labute approximate surface area is 176 Å². The van der Waals surface area contributed by atoms with E-state index in [0.29, 0.717) is 6.42 Å². The molecule has 27 heavy (non-hydrogen) atoms. The summed E-state index contributed by atoms with van der Waals surface area (Å²) in [6, 6.07) is 27.2. The molecular weight excluding hydrogens is 466 g/mol. The van der Waals surface area contributed by atoms with Crippen molar-refractivity contribution in [2.75, 3.05) is 0 Å². The van der Waals surface area contributed by atoms with Crippen LogP contribution in [0, 0.1) is 0 Å². The van der Waals surface area contributed by atoms with Crippen LogP contribution < -0.4 is 5.32 Å². The van der Waals surface area contributed by atoms with Gasteiger partial charge in [0.1, 0.15) is 0 Å². The maximum absolute atomic E-state index is 11.1. The lowest BCUT2D eigenvalue weighted by molar-refractivity contribution is 0.0681. The Bertz CT molecular complexity index is 881. The normalized spacial score (nSPS) is 25.3. The van der Waals surface area contributed by atoms with Gasteiger partial charge in [0.25, 0.3) is 0 Å². The molecule has 0 unspecified atom stereocenters. The molecule has 4 rings (SSSR count). The van der Waals surface area contributed by atoms with E-state index in [1.165, 1.54) is 16.7 Å². The fourth-order valence-electron chi connectivity index (χ4n) is 3.99. The van der Waals surface area contributed by atoms with Crippen LogP contribution in [0.1, 0.15) is 41.1 Å². The highest BCUT2D eigenvalue weighted by molar-refractivity contribution is 9.10. The number of piperidine rings is 1. The number of halogens is 2. The van der Waals surface area contributed by atoms with Crippen LogP contribution in [0.5, 0.6) is 0 Å². The lowest BCUT2D eigenvalue weighted by Gasteiger charge is -2.42. The monoisotopic (exact) mass is 485 g/mol. The number of aliphatic hydroxyl groups is 1. The third-order valence-corrected chi connectivity index (χ3v) is 6.37. The van der Waals surface area contributed by atoms with Gasteiger partial charge in [0.2, 0.25) is 0 Å². The van der Waals surface area contributed by atoms with Crippen LogP contribution in [0.25, 0.3) is 0 Å². The van der Waals surface area contributed by atoms with E-state index in [0.717, 1.165) is 8.95 Å². The summed E-state index contributed by atoms with van der Waals surface area (Å²) in [5.74, 6) is 0.0130. The molecular formula is C23H21Br2NO.